The van der Waals surface area contributed by atoms with E-state index in [-0.39, 0.29) is 11.5 Å². The molecule has 0 saturated carbocycles. The molecule has 0 spiro atoms. The molecule has 4 rings (SSSR count). The van der Waals surface area contributed by atoms with Gasteiger partial charge in [0.15, 0.2) is 0 Å². The molecule has 0 aliphatic rings. The van der Waals surface area contributed by atoms with E-state index in [1.807, 2.05) is 55.6 Å². The van der Waals surface area contributed by atoms with Gasteiger partial charge in [0.25, 0.3) is 11.5 Å². The maximum absolute atomic E-state index is 13.0. The number of ether oxygens (including phenoxy) is 2. The minimum Gasteiger partial charge on any atom is -0.496 e. The van der Waals surface area contributed by atoms with Crippen molar-refractivity contribution in [3.63, 3.8) is 0 Å². The second kappa shape index (κ2) is 12.9. The zero-order valence-electron chi connectivity index (χ0n) is 22.2. The summed E-state index contributed by atoms with van der Waals surface area (Å²) in [5.74, 6) is 1.29. The summed E-state index contributed by atoms with van der Waals surface area (Å²) in [4.78, 5) is 33.1. The summed E-state index contributed by atoms with van der Waals surface area (Å²) < 4.78 is 13.0. The number of likely N-dealkylation sites (N-methyl/N-ethyl adjacent to an activating group) is 1. The summed E-state index contributed by atoms with van der Waals surface area (Å²) in [5.41, 5.74) is 2.57. The molecule has 8 nitrogen and oxygen atoms in total. The molecule has 0 fully saturated rings. The second-order valence-corrected chi connectivity index (χ2v) is 9.21. The Morgan fingerprint density at radius 1 is 0.974 bits per heavy atom. The van der Waals surface area contributed by atoms with Gasteiger partial charge in [0.1, 0.15) is 11.5 Å². The van der Waals surface area contributed by atoms with Crippen molar-refractivity contribution in [3.8, 4) is 11.5 Å². The molecule has 4 aromatic rings. The van der Waals surface area contributed by atoms with Gasteiger partial charge in [-0.15, -0.1) is 0 Å². The number of methoxy groups -OCH3 is 1. The molecule has 2 heterocycles. The molecule has 0 atom stereocenters. The van der Waals surface area contributed by atoms with Gasteiger partial charge in [0, 0.05) is 64.1 Å². The van der Waals surface area contributed by atoms with Crippen molar-refractivity contribution in [1.82, 2.24) is 19.4 Å². The van der Waals surface area contributed by atoms with E-state index in [1.54, 1.807) is 54.2 Å². The number of aryl methyl sites for hydroxylation is 1. The van der Waals surface area contributed by atoms with Gasteiger partial charge in [0.05, 0.1) is 24.8 Å². The van der Waals surface area contributed by atoms with E-state index in [0.29, 0.717) is 31.0 Å². The summed E-state index contributed by atoms with van der Waals surface area (Å²) in [6.07, 6.45) is 4.41. The summed E-state index contributed by atoms with van der Waals surface area (Å²) in [5, 5.41) is 0.965. The predicted octanol–water partition coefficient (Wildman–Crippen LogP) is 3.99. The van der Waals surface area contributed by atoms with Gasteiger partial charge < -0.3 is 18.9 Å². The van der Waals surface area contributed by atoms with Gasteiger partial charge >= 0.3 is 0 Å². The number of para-hydroxylation sites is 1. The molecular formula is C30H34N4O4. The Morgan fingerprint density at radius 3 is 2.55 bits per heavy atom. The van der Waals surface area contributed by atoms with Gasteiger partial charge in [-0.1, -0.05) is 12.1 Å². The maximum atomic E-state index is 13.0. The highest BCUT2D eigenvalue weighted by molar-refractivity contribution is 5.96. The number of nitrogens with zero attached hydrogens (tertiary/aromatic N) is 4. The lowest BCUT2D eigenvalue weighted by Gasteiger charge is -2.26. The van der Waals surface area contributed by atoms with E-state index >= 15 is 0 Å². The fourth-order valence-corrected chi connectivity index (χ4v) is 4.37. The number of benzene rings is 2. The fourth-order valence-electron chi connectivity index (χ4n) is 4.37. The number of hydrogen-bond donors (Lipinski definition) is 0. The molecule has 8 heteroatoms. The first kappa shape index (κ1) is 26.9. The number of aromatic nitrogens is 2. The Morgan fingerprint density at radius 2 is 1.76 bits per heavy atom. The van der Waals surface area contributed by atoms with Crippen LogP contribution in [0.1, 0.15) is 22.3 Å². The Balaban J connectivity index is 1.34. The van der Waals surface area contributed by atoms with Gasteiger partial charge in [-0.05, 0) is 60.5 Å². The van der Waals surface area contributed by atoms with Crippen LogP contribution >= 0.6 is 0 Å². The lowest BCUT2D eigenvalue weighted by atomic mass is 10.1. The van der Waals surface area contributed by atoms with Crippen LogP contribution in [-0.2, 0) is 13.6 Å². The number of rotatable bonds is 12. The molecule has 0 N–H and O–H groups in total. The first-order valence-electron chi connectivity index (χ1n) is 12.7. The van der Waals surface area contributed by atoms with Crippen LogP contribution in [0.2, 0.25) is 0 Å². The summed E-state index contributed by atoms with van der Waals surface area (Å²) in [6.45, 7) is 3.40. The Labute approximate surface area is 223 Å². The maximum Gasteiger partial charge on any atom is 0.257 e. The van der Waals surface area contributed by atoms with Crippen molar-refractivity contribution < 1.29 is 14.3 Å². The van der Waals surface area contributed by atoms with E-state index < -0.39 is 0 Å². The Kier molecular flexibility index (Phi) is 9.11. The molecule has 0 saturated heterocycles. The number of carbonyl (C=O) groups is 1. The van der Waals surface area contributed by atoms with E-state index in [1.165, 1.54) is 5.56 Å². The molecule has 0 aliphatic heterocycles. The number of amides is 1. The predicted molar refractivity (Wildman–Crippen MR) is 149 cm³/mol. The number of pyridine rings is 2. The minimum atomic E-state index is -0.0663. The normalized spacial score (nSPS) is 11.1. The summed E-state index contributed by atoms with van der Waals surface area (Å²) in [7, 11) is 5.16. The molecule has 0 unspecified atom stereocenters. The summed E-state index contributed by atoms with van der Waals surface area (Å²) >= 11 is 0. The van der Waals surface area contributed by atoms with Crippen molar-refractivity contribution in [2.75, 3.05) is 40.4 Å². The number of hydrogen-bond acceptors (Lipinski definition) is 6. The van der Waals surface area contributed by atoms with Crippen LogP contribution in [0.15, 0.2) is 83.9 Å². The zero-order chi connectivity index (χ0) is 26.9. The van der Waals surface area contributed by atoms with Crippen LogP contribution < -0.4 is 15.0 Å². The Bertz CT molecular complexity index is 1420. The molecule has 1 amide bonds. The van der Waals surface area contributed by atoms with Crippen LogP contribution in [0, 0.1) is 0 Å². The van der Waals surface area contributed by atoms with Crippen molar-refractivity contribution >= 4 is 16.8 Å². The molecule has 198 valence electrons. The molecule has 0 bridgehead atoms. The molecule has 38 heavy (non-hydrogen) atoms. The third-order valence-corrected chi connectivity index (χ3v) is 6.58. The molecule has 2 aromatic heterocycles. The van der Waals surface area contributed by atoms with Gasteiger partial charge in [-0.3, -0.25) is 19.5 Å². The second-order valence-electron chi connectivity index (χ2n) is 9.21. The van der Waals surface area contributed by atoms with Crippen LogP contribution in [0.25, 0.3) is 10.9 Å². The van der Waals surface area contributed by atoms with Crippen molar-refractivity contribution in [3.05, 3.63) is 101 Å². The average Bonchev–Trinajstić information content (AvgIpc) is 2.95. The highest BCUT2D eigenvalue weighted by Gasteiger charge is 2.17. The number of carbonyl (C=O) groups excluding carboxylic acids is 1. The van der Waals surface area contributed by atoms with Crippen LogP contribution in [0.5, 0.6) is 11.5 Å². The largest absolute Gasteiger partial charge is 0.496 e. The standard InChI is InChI=1S/C30H34N4O4/c1-32(30(36)26-7-4-5-8-28(26)37-3)18-19-34(22-23-13-15-31-16-14-23)17-6-20-38-25-10-11-27-24(21-25)9-12-29(35)33(27)2/h4-5,7-16,21H,6,17-20,22H2,1-3H3. The molecule has 2 aromatic carbocycles. The third kappa shape index (κ3) is 6.77. The first-order chi connectivity index (χ1) is 18.5. The number of fused-ring (bicyclic) bond motifs is 1. The summed E-state index contributed by atoms with van der Waals surface area (Å²) in [6, 6.07) is 20.5. The highest BCUT2D eigenvalue weighted by Crippen LogP contribution is 2.20. The lowest BCUT2D eigenvalue weighted by Crippen LogP contribution is -2.37. The van der Waals surface area contributed by atoms with Gasteiger partial charge in [-0.25, -0.2) is 0 Å². The fraction of sp³-hybridized carbons (Fsp3) is 0.300. The monoisotopic (exact) mass is 514 g/mol. The van der Waals surface area contributed by atoms with Crippen molar-refractivity contribution in [1.29, 1.82) is 0 Å². The van der Waals surface area contributed by atoms with E-state index in [0.717, 1.165) is 36.2 Å². The van der Waals surface area contributed by atoms with Crippen LogP contribution in [-0.4, -0.2) is 65.7 Å². The Hall–Kier alpha value is -4.17. The first-order valence-corrected chi connectivity index (χ1v) is 12.7. The highest BCUT2D eigenvalue weighted by atomic mass is 16.5. The average molecular weight is 515 g/mol. The van der Waals surface area contributed by atoms with E-state index in [2.05, 4.69) is 9.88 Å². The zero-order valence-corrected chi connectivity index (χ0v) is 22.2. The smallest absolute Gasteiger partial charge is 0.257 e. The SMILES string of the molecule is COc1ccccc1C(=O)N(C)CCN(CCCOc1ccc2c(ccc(=O)n2C)c1)Cc1ccncc1. The molecular weight excluding hydrogens is 480 g/mol. The molecule has 0 aliphatic carbocycles. The van der Waals surface area contributed by atoms with Gasteiger partial charge in [-0.2, -0.15) is 0 Å². The molecule has 0 radical (unpaired) electrons. The van der Waals surface area contributed by atoms with Crippen LogP contribution in [0.3, 0.4) is 0 Å². The minimum absolute atomic E-state index is 0.0318. The van der Waals surface area contributed by atoms with Crippen molar-refractivity contribution in [2.45, 2.75) is 13.0 Å². The van der Waals surface area contributed by atoms with Gasteiger partial charge in [0.2, 0.25) is 0 Å². The topological polar surface area (TPSA) is 76.9 Å². The van der Waals surface area contributed by atoms with E-state index in [9.17, 15) is 9.59 Å². The van der Waals surface area contributed by atoms with Crippen molar-refractivity contribution in [2.24, 2.45) is 7.05 Å². The van der Waals surface area contributed by atoms with E-state index in [4.69, 9.17) is 9.47 Å². The third-order valence-electron chi connectivity index (χ3n) is 6.58. The quantitative estimate of drug-likeness (QED) is 0.266. The lowest BCUT2D eigenvalue weighted by molar-refractivity contribution is 0.0771. The van der Waals surface area contributed by atoms with Crippen LogP contribution in [0.4, 0.5) is 0 Å².